The fraction of sp³-hybridized carbons (Fsp3) is 0.583. The van der Waals surface area contributed by atoms with E-state index in [1.54, 1.807) is 0 Å². The Bertz CT molecular complexity index is 302. The molecular weight excluding hydrogens is 188 g/mol. The highest BCUT2D eigenvalue weighted by Gasteiger charge is 2.15. The molecule has 0 amide bonds. The van der Waals surface area contributed by atoms with Crippen molar-refractivity contribution >= 4 is 5.82 Å². The van der Waals surface area contributed by atoms with Gasteiger partial charge in [0.15, 0.2) is 0 Å². The molecule has 82 valence electrons. The minimum absolute atomic E-state index is 0.155. The van der Waals surface area contributed by atoms with Gasteiger partial charge in [0.25, 0.3) is 0 Å². The second-order valence-electron chi connectivity index (χ2n) is 4.28. The Labute approximate surface area is 90.9 Å². The number of ether oxygens (including phenoxy) is 1. The number of hydrogen-bond acceptors (Lipinski definition) is 3. The molecule has 1 atom stereocenters. The average molecular weight is 206 g/mol. The van der Waals surface area contributed by atoms with Gasteiger partial charge in [-0.3, -0.25) is 0 Å². The van der Waals surface area contributed by atoms with Crippen LogP contribution >= 0.6 is 0 Å². The highest BCUT2D eigenvalue weighted by molar-refractivity contribution is 5.36. The van der Waals surface area contributed by atoms with Gasteiger partial charge < -0.3 is 10.1 Å². The predicted octanol–water partition coefficient (Wildman–Crippen LogP) is 2.75. The molecule has 1 N–H and O–H groups in total. The number of rotatable bonds is 3. The second kappa shape index (κ2) is 4.62. The van der Waals surface area contributed by atoms with Gasteiger partial charge >= 0.3 is 0 Å². The third kappa shape index (κ3) is 2.69. The Morgan fingerprint density at radius 1 is 1.47 bits per heavy atom. The molecule has 3 nitrogen and oxygen atoms in total. The van der Waals surface area contributed by atoms with Crippen LogP contribution in [0.1, 0.15) is 38.2 Å². The van der Waals surface area contributed by atoms with E-state index in [1.807, 2.05) is 12.3 Å². The van der Waals surface area contributed by atoms with Crippen LogP contribution in [0.5, 0.6) is 0 Å². The molecule has 0 bridgehead atoms. The Kier molecular flexibility index (Phi) is 3.21. The molecule has 0 aromatic carbocycles. The van der Waals surface area contributed by atoms with Gasteiger partial charge in [-0.05, 0) is 30.4 Å². The van der Waals surface area contributed by atoms with Crippen LogP contribution in [-0.2, 0) is 4.74 Å². The number of nitrogens with zero attached hydrogens (tertiary/aromatic N) is 1. The molecule has 1 aromatic rings. The molecule has 1 aliphatic heterocycles. The van der Waals surface area contributed by atoms with E-state index in [0.717, 1.165) is 25.3 Å². The Hall–Kier alpha value is -1.09. The number of hydrogen-bond donors (Lipinski definition) is 1. The van der Waals surface area contributed by atoms with Crippen LogP contribution in [0, 0.1) is 0 Å². The summed E-state index contributed by atoms with van der Waals surface area (Å²) in [5.41, 5.74) is 1.27. The van der Waals surface area contributed by atoms with E-state index in [-0.39, 0.29) is 6.23 Å². The smallest absolute Gasteiger partial charge is 0.128 e. The van der Waals surface area contributed by atoms with Crippen molar-refractivity contribution < 1.29 is 4.74 Å². The summed E-state index contributed by atoms with van der Waals surface area (Å²) in [6.45, 7) is 5.20. The van der Waals surface area contributed by atoms with Crippen molar-refractivity contribution in [2.45, 2.75) is 38.8 Å². The number of pyridine rings is 1. The normalized spacial score (nSPS) is 20.9. The summed E-state index contributed by atoms with van der Waals surface area (Å²) in [5, 5.41) is 3.27. The first-order valence-electron chi connectivity index (χ1n) is 5.60. The van der Waals surface area contributed by atoms with Crippen molar-refractivity contribution in [1.82, 2.24) is 4.98 Å². The van der Waals surface area contributed by atoms with Gasteiger partial charge in [0.1, 0.15) is 12.0 Å². The zero-order valence-electron chi connectivity index (χ0n) is 9.36. The van der Waals surface area contributed by atoms with Crippen molar-refractivity contribution in [3.63, 3.8) is 0 Å². The topological polar surface area (TPSA) is 34.1 Å². The highest BCUT2D eigenvalue weighted by atomic mass is 16.5. The summed E-state index contributed by atoms with van der Waals surface area (Å²) >= 11 is 0. The van der Waals surface area contributed by atoms with Crippen LogP contribution < -0.4 is 5.32 Å². The van der Waals surface area contributed by atoms with E-state index >= 15 is 0 Å². The molecule has 2 heterocycles. The Morgan fingerprint density at radius 2 is 2.33 bits per heavy atom. The molecule has 0 saturated carbocycles. The minimum atomic E-state index is 0.155. The maximum atomic E-state index is 5.48. The van der Waals surface area contributed by atoms with Crippen LogP contribution in [0.2, 0.25) is 0 Å². The third-order valence-corrected chi connectivity index (χ3v) is 2.69. The zero-order chi connectivity index (χ0) is 10.7. The van der Waals surface area contributed by atoms with Crippen molar-refractivity contribution in [1.29, 1.82) is 0 Å². The number of anilines is 1. The summed E-state index contributed by atoms with van der Waals surface area (Å²) in [7, 11) is 0. The Balaban J connectivity index is 1.97. The average Bonchev–Trinajstić information content (AvgIpc) is 2.71. The molecule has 1 fully saturated rings. The molecule has 2 rings (SSSR count). The second-order valence-corrected chi connectivity index (χ2v) is 4.28. The van der Waals surface area contributed by atoms with E-state index in [4.69, 9.17) is 4.74 Å². The minimum Gasteiger partial charge on any atom is -0.359 e. The van der Waals surface area contributed by atoms with Gasteiger partial charge in [0, 0.05) is 12.8 Å². The third-order valence-electron chi connectivity index (χ3n) is 2.69. The molecular formula is C12H18N2O. The maximum absolute atomic E-state index is 5.48. The van der Waals surface area contributed by atoms with Crippen molar-refractivity contribution in [2.24, 2.45) is 0 Å². The van der Waals surface area contributed by atoms with Crippen molar-refractivity contribution in [3.05, 3.63) is 23.9 Å². The van der Waals surface area contributed by atoms with Crippen molar-refractivity contribution in [3.8, 4) is 0 Å². The van der Waals surface area contributed by atoms with E-state index in [2.05, 4.69) is 30.2 Å². The Morgan fingerprint density at radius 3 is 2.87 bits per heavy atom. The standard InChI is InChI=1S/C12H18N2O/c1-9(2)10-5-6-11(13-8-10)14-12-4-3-7-15-12/h5-6,8-9,12H,3-4,7H2,1-2H3,(H,13,14). The van der Waals surface area contributed by atoms with Gasteiger partial charge in [0.05, 0.1) is 0 Å². The summed E-state index contributed by atoms with van der Waals surface area (Å²) in [6, 6.07) is 4.14. The first-order valence-corrected chi connectivity index (χ1v) is 5.60. The molecule has 1 aromatic heterocycles. The van der Waals surface area contributed by atoms with E-state index < -0.39 is 0 Å². The van der Waals surface area contributed by atoms with Gasteiger partial charge in [-0.1, -0.05) is 19.9 Å². The van der Waals surface area contributed by atoms with Crippen LogP contribution in [0.25, 0.3) is 0 Å². The highest BCUT2D eigenvalue weighted by Crippen LogP contribution is 2.17. The fourth-order valence-corrected chi connectivity index (χ4v) is 1.69. The monoisotopic (exact) mass is 206 g/mol. The lowest BCUT2D eigenvalue weighted by Gasteiger charge is -2.13. The molecule has 3 heteroatoms. The molecule has 0 spiro atoms. The van der Waals surface area contributed by atoms with Crippen LogP contribution in [0.15, 0.2) is 18.3 Å². The van der Waals surface area contributed by atoms with Gasteiger partial charge in [-0.2, -0.15) is 0 Å². The molecule has 0 radical (unpaired) electrons. The molecule has 1 unspecified atom stereocenters. The van der Waals surface area contributed by atoms with Crippen LogP contribution in [-0.4, -0.2) is 17.8 Å². The van der Waals surface area contributed by atoms with Gasteiger partial charge in [-0.25, -0.2) is 4.98 Å². The van der Waals surface area contributed by atoms with Crippen LogP contribution in [0.4, 0.5) is 5.82 Å². The van der Waals surface area contributed by atoms with E-state index in [1.165, 1.54) is 5.56 Å². The maximum Gasteiger partial charge on any atom is 0.128 e. The lowest BCUT2D eigenvalue weighted by Crippen LogP contribution is -2.17. The number of aromatic nitrogens is 1. The van der Waals surface area contributed by atoms with Crippen molar-refractivity contribution in [2.75, 3.05) is 11.9 Å². The SMILES string of the molecule is CC(C)c1ccc(NC2CCCO2)nc1. The predicted molar refractivity (Wildman–Crippen MR) is 60.9 cm³/mol. The quantitative estimate of drug-likeness (QED) is 0.825. The lowest BCUT2D eigenvalue weighted by atomic mass is 10.1. The molecule has 1 aliphatic rings. The molecule has 0 aliphatic carbocycles. The van der Waals surface area contributed by atoms with Crippen LogP contribution in [0.3, 0.4) is 0 Å². The first kappa shape index (κ1) is 10.4. The molecule has 1 saturated heterocycles. The van der Waals surface area contributed by atoms with Gasteiger partial charge in [-0.15, -0.1) is 0 Å². The summed E-state index contributed by atoms with van der Waals surface area (Å²) in [6.07, 6.45) is 4.31. The first-order chi connectivity index (χ1) is 7.25. The summed E-state index contributed by atoms with van der Waals surface area (Å²) < 4.78 is 5.48. The summed E-state index contributed by atoms with van der Waals surface area (Å²) in [4.78, 5) is 4.37. The van der Waals surface area contributed by atoms with E-state index in [9.17, 15) is 0 Å². The molecule has 15 heavy (non-hydrogen) atoms. The summed E-state index contributed by atoms with van der Waals surface area (Å²) in [5.74, 6) is 1.44. The van der Waals surface area contributed by atoms with E-state index in [0.29, 0.717) is 5.92 Å². The zero-order valence-corrected chi connectivity index (χ0v) is 9.36. The van der Waals surface area contributed by atoms with Gasteiger partial charge in [0.2, 0.25) is 0 Å². The number of nitrogens with one attached hydrogen (secondary N) is 1. The lowest BCUT2D eigenvalue weighted by molar-refractivity contribution is 0.131. The largest absolute Gasteiger partial charge is 0.359 e. The fourth-order valence-electron chi connectivity index (χ4n) is 1.69.